The Morgan fingerprint density at radius 2 is 2.38 bits per heavy atom. The molecule has 1 aromatic rings. The Morgan fingerprint density at radius 1 is 1.50 bits per heavy atom. The Bertz CT molecular complexity index is 423. The molecule has 2 rings (SSSR count). The van der Waals surface area contributed by atoms with E-state index in [1.165, 1.54) is 13.2 Å². The molecule has 1 heterocycles. The van der Waals surface area contributed by atoms with Crippen molar-refractivity contribution in [1.82, 2.24) is 0 Å². The van der Waals surface area contributed by atoms with Gasteiger partial charge in [0.25, 0.3) is 0 Å². The number of benzene rings is 1. The minimum absolute atomic E-state index is 0.264. The van der Waals surface area contributed by atoms with Crippen LogP contribution in [0.3, 0.4) is 0 Å². The van der Waals surface area contributed by atoms with E-state index in [9.17, 15) is 4.79 Å². The monoisotopic (exact) mass is 220 g/mol. The third kappa shape index (κ3) is 2.34. The summed E-state index contributed by atoms with van der Waals surface area (Å²) in [4.78, 5) is 10.5. The predicted octanol–water partition coefficient (Wildman–Crippen LogP) is 2.03. The summed E-state index contributed by atoms with van der Waals surface area (Å²) < 4.78 is 15.3. The van der Waals surface area contributed by atoms with E-state index in [-0.39, 0.29) is 12.8 Å². The molecule has 1 aliphatic heterocycles. The summed E-state index contributed by atoms with van der Waals surface area (Å²) in [7, 11) is 0. The van der Waals surface area contributed by atoms with Gasteiger partial charge >= 0.3 is 5.97 Å². The van der Waals surface area contributed by atoms with E-state index in [0.717, 1.165) is 17.1 Å². The number of fused-ring (bicyclic) bond motifs is 1. The van der Waals surface area contributed by atoms with Crippen molar-refractivity contribution in [1.29, 1.82) is 0 Å². The molecule has 0 radical (unpaired) electrons. The van der Waals surface area contributed by atoms with Gasteiger partial charge in [-0.25, -0.2) is 0 Å². The number of allylic oxidation sites excluding steroid dienone is 1. The zero-order chi connectivity index (χ0) is 11.4. The summed E-state index contributed by atoms with van der Waals surface area (Å²) in [6.45, 7) is 1.63. The largest absolute Gasteiger partial charge is 0.454 e. The van der Waals surface area contributed by atoms with Crippen LogP contribution in [0.15, 0.2) is 30.5 Å². The fraction of sp³-hybridized carbons (Fsp3) is 0.250. The number of hydrogen-bond acceptors (Lipinski definition) is 4. The van der Waals surface area contributed by atoms with Crippen molar-refractivity contribution in [2.24, 2.45) is 0 Å². The molecule has 4 heteroatoms. The first kappa shape index (κ1) is 10.5. The second kappa shape index (κ2) is 4.70. The standard InChI is InChI=1S/C12H12O4/c1-9(13)14-7-3-5-10-4-2-6-11-12(10)16-8-15-11/h2-4,6-7H,5,8H2,1H3/b7-3-. The van der Waals surface area contributed by atoms with Crippen molar-refractivity contribution in [2.45, 2.75) is 13.3 Å². The maximum atomic E-state index is 10.5. The topological polar surface area (TPSA) is 44.8 Å². The molecule has 0 amide bonds. The zero-order valence-corrected chi connectivity index (χ0v) is 8.93. The SMILES string of the molecule is CC(=O)O/C=C\Cc1cccc2c1OCO2. The lowest BCUT2D eigenvalue weighted by Crippen LogP contribution is -1.94. The smallest absolute Gasteiger partial charge is 0.307 e. The lowest BCUT2D eigenvalue weighted by atomic mass is 10.1. The summed E-state index contributed by atoms with van der Waals surface area (Å²) in [6.07, 6.45) is 3.79. The van der Waals surface area contributed by atoms with E-state index in [4.69, 9.17) is 14.2 Å². The number of para-hydroxylation sites is 1. The molecule has 4 nitrogen and oxygen atoms in total. The number of carbonyl (C=O) groups excluding carboxylic acids is 1. The number of ether oxygens (including phenoxy) is 3. The molecule has 1 aromatic carbocycles. The van der Waals surface area contributed by atoms with Crippen LogP contribution in [-0.2, 0) is 16.0 Å². The molecule has 0 aliphatic carbocycles. The molecule has 0 aromatic heterocycles. The van der Waals surface area contributed by atoms with Gasteiger partial charge in [0, 0.05) is 12.5 Å². The van der Waals surface area contributed by atoms with Crippen molar-refractivity contribution in [3.05, 3.63) is 36.1 Å². The van der Waals surface area contributed by atoms with E-state index in [1.54, 1.807) is 6.08 Å². The Morgan fingerprint density at radius 3 is 3.19 bits per heavy atom. The van der Waals surface area contributed by atoms with E-state index in [1.807, 2.05) is 18.2 Å². The quantitative estimate of drug-likeness (QED) is 0.577. The van der Waals surface area contributed by atoms with Crippen LogP contribution >= 0.6 is 0 Å². The maximum absolute atomic E-state index is 10.5. The van der Waals surface area contributed by atoms with Gasteiger partial charge in [0.05, 0.1) is 6.26 Å². The molecule has 0 spiro atoms. The van der Waals surface area contributed by atoms with Gasteiger partial charge in [0.1, 0.15) is 0 Å². The summed E-state index contributed by atoms with van der Waals surface area (Å²) >= 11 is 0. The van der Waals surface area contributed by atoms with Crippen LogP contribution in [0.1, 0.15) is 12.5 Å². The van der Waals surface area contributed by atoms with Gasteiger partial charge in [0.2, 0.25) is 6.79 Å². The van der Waals surface area contributed by atoms with Crippen LogP contribution < -0.4 is 9.47 Å². The second-order valence-electron chi connectivity index (χ2n) is 3.34. The Balaban J connectivity index is 2.02. The summed E-state index contributed by atoms with van der Waals surface area (Å²) in [6, 6.07) is 5.72. The third-order valence-electron chi connectivity index (χ3n) is 2.15. The van der Waals surface area contributed by atoms with Crippen LogP contribution in [-0.4, -0.2) is 12.8 Å². The van der Waals surface area contributed by atoms with Crippen molar-refractivity contribution >= 4 is 5.97 Å². The molecule has 0 bridgehead atoms. The van der Waals surface area contributed by atoms with Crippen molar-refractivity contribution in [2.75, 3.05) is 6.79 Å². The highest BCUT2D eigenvalue weighted by Crippen LogP contribution is 2.35. The van der Waals surface area contributed by atoms with Crippen LogP contribution in [0, 0.1) is 0 Å². The van der Waals surface area contributed by atoms with E-state index < -0.39 is 0 Å². The Labute approximate surface area is 93.4 Å². The average molecular weight is 220 g/mol. The molecule has 16 heavy (non-hydrogen) atoms. The number of carbonyl (C=O) groups is 1. The summed E-state index contributed by atoms with van der Waals surface area (Å²) in [5.74, 6) is 1.21. The van der Waals surface area contributed by atoms with Crippen molar-refractivity contribution in [3.63, 3.8) is 0 Å². The molecular weight excluding hydrogens is 208 g/mol. The van der Waals surface area contributed by atoms with Crippen molar-refractivity contribution < 1.29 is 19.0 Å². The highest BCUT2D eigenvalue weighted by atomic mass is 16.7. The van der Waals surface area contributed by atoms with E-state index in [0.29, 0.717) is 6.42 Å². The van der Waals surface area contributed by atoms with Gasteiger partial charge in [-0.3, -0.25) is 4.79 Å². The fourth-order valence-corrected chi connectivity index (χ4v) is 1.47. The highest BCUT2D eigenvalue weighted by molar-refractivity contribution is 5.66. The molecule has 0 unspecified atom stereocenters. The van der Waals surface area contributed by atoms with Gasteiger partial charge in [-0.1, -0.05) is 12.1 Å². The molecule has 1 aliphatic rings. The third-order valence-corrected chi connectivity index (χ3v) is 2.15. The molecule has 0 saturated carbocycles. The molecule has 0 N–H and O–H groups in total. The molecular formula is C12H12O4. The van der Waals surface area contributed by atoms with E-state index >= 15 is 0 Å². The van der Waals surface area contributed by atoms with Crippen molar-refractivity contribution in [3.8, 4) is 11.5 Å². The van der Waals surface area contributed by atoms with E-state index in [2.05, 4.69) is 0 Å². The molecule has 0 saturated heterocycles. The van der Waals surface area contributed by atoms with Gasteiger partial charge in [-0.2, -0.15) is 0 Å². The first-order chi connectivity index (χ1) is 7.77. The van der Waals surface area contributed by atoms with Crippen LogP contribution in [0.5, 0.6) is 11.5 Å². The normalized spacial score (nSPS) is 13.1. The fourth-order valence-electron chi connectivity index (χ4n) is 1.47. The maximum Gasteiger partial charge on any atom is 0.307 e. The number of hydrogen-bond donors (Lipinski definition) is 0. The molecule has 84 valence electrons. The van der Waals surface area contributed by atoms with Gasteiger partial charge in [-0.05, 0) is 18.6 Å². The van der Waals surface area contributed by atoms with Gasteiger partial charge in [0.15, 0.2) is 11.5 Å². The Hall–Kier alpha value is -1.97. The lowest BCUT2D eigenvalue weighted by molar-refractivity contribution is -0.135. The second-order valence-corrected chi connectivity index (χ2v) is 3.34. The minimum atomic E-state index is -0.325. The van der Waals surface area contributed by atoms with Gasteiger partial charge in [-0.15, -0.1) is 0 Å². The van der Waals surface area contributed by atoms with Crippen LogP contribution in [0.2, 0.25) is 0 Å². The zero-order valence-electron chi connectivity index (χ0n) is 8.93. The summed E-state index contributed by atoms with van der Waals surface area (Å²) in [5.41, 5.74) is 1.01. The minimum Gasteiger partial charge on any atom is -0.454 e. The predicted molar refractivity (Wildman–Crippen MR) is 57.2 cm³/mol. The van der Waals surface area contributed by atoms with Crippen LogP contribution in [0.25, 0.3) is 0 Å². The molecule has 0 fully saturated rings. The van der Waals surface area contributed by atoms with Gasteiger partial charge < -0.3 is 14.2 Å². The summed E-state index contributed by atoms with van der Waals surface area (Å²) in [5, 5.41) is 0. The Kier molecular flexibility index (Phi) is 3.10. The first-order valence-electron chi connectivity index (χ1n) is 4.97. The number of rotatable bonds is 3. The van der Waals surface area contributed by atoms with Crippen LogP contribution in [0.4, 0.5) is 0 Å². The average Bonchev–Trinajstić information content (AvgIpc) is 2.72. The first-order valence-corrected chi connectivity index (χ1v) is 4.97. The number of esters is 1. The highest BCUT2D eigenvalue weighted by Gasteiger charge is 2.15. The lowest BCUT2D eigenvalue weighted by Gasteiger charge is -2.02. The molecule has 0 atom stereocenters.